The number of ketones is 1. The van der Waals surface area contributed by atoms with Gasteiger partial charge in [-0.05, 0) is 30.0 Å². The molecule has 0 aliphatic carbocycles. The third-order valence-electron chi connectivity index (χ3n) is 5.72. The van der Waals surface area contributed by atoms with Gasteiger partial charge in [0, 0.05) is 24.5 Å². The lowest BCUT2D eigenvalue weighted by molar-refractivity contribution is -0.161. The molecule has 0 aliphatic heterocycles. The predicted molar refractivity (Wildman–Crippen MR) is 136 cm³/mol. The highest BCUT2D eigenvalue weighted by Gasteiger charge is 2.51. The van der Waals surface area contributed by atoms with Crippen LogP contribution in [0, 0.1) is 5.92 Å². The van der Waals surface area contributed by atoms with E-state index in [-0.39, 0.29) is 24.5 Å². The first-order chi connectivity index (χ1) is 18.0. The Morgan fingerprint density at radius 1 is 1.08 bits per heavy atom. The molecule has 0 fully saturated rings. The highest BCUT2D eigenvalue weighted by atomic mass is 19.3. The van der Waals surface area contributed by atoms with Crippen LogP contribution < -0.4 is 21.9 Å². The number of anilines is 1. The number of nitrogens with zero attached hydrogens (tertiary/aromatic N) is 3. The molecule has 1 unspecified atom stereocenters. The fourth-order valence-corrected chi connectivity index (χ4v) is 3.66. The van der Waals surface area contributed by atoms with E-state index in [4.69, 9.17) is 5.73 Å². The SMILES string of the molecule is CC(C)C(NC(=O)Cn1c(-c2ccccc2)ncc(N)c1=O)C(=O)C(F)(F)C(=O)NCCc1ccncc1. The molecule has 0 bridgehead atoms. The van der Waals surface area contributed by atoms with Gasteiger partial charge in [0.2, 0.25) is 11.7 Å². The van der Waals surface area contributed by atoms with E-state index in [9.17, 15) is 28.0 Å². The number of amides is 2. The van der Waals surface area contributed by atoms with Crippen molar-refractivity contribution in [1.29, 1.82) is 0 Å². The van der Waals surface area contributed by atoms with Crippen molar-refractivity contribution in [1.82, 2.24) is 25.2 Å². The normalized spacial score (nSPS) is 12.1. The number of nitrogens with two attached hydrogens (primary N) is 1. The zero-order chi connectivity index (χ0) is 27.9. The van der Waals surface area contributed by atoms with Crippen molar-refractivity contribution >= 4 is 23.3 Å². The topological polar surface area (TPSA) is 149 Å². The van der Waals surface area contributed by atoms with Crippen molar-refractivity contribution in [2.24, 2.45) is 5.92 Å². The molecule has 3 aromatic rings. The number of halogens is 2. The van der Waals surface area contributed by atoms with Gasteiger partial charge in [-0.25, -0.2) is 4.98 Å². The number of pyridine rings is 1. The second kappa shape index (κ2) is 12.2. The Hall–Kier alpha value is -4.48. The van der Waals surface area contributed by atoms with Gasteiger partial charge in [-0.3, -0.25) is 28.7 Å². The number of carbonyl (C=O) groups is 3. The summed E-state index contributed by atoms with van der Waals surface area (Å²) in [4.78, 5) is 58.5. The highest BCUT2D eigenvalue weighted by Crippen LogP contribution is 2.21. The van der Waals surface area contributed by atoms with E-state index in [0.717, 1.165) is 16.3 Å². The van der Waals surface area contributed by atoms with Crippen LogP contribution in [0.4, 0.5) is 14.5 Å². The number of Topliss-reactive ketones (excluding diaryl/α,β-unsaturated/α-hetero) is 1. The Kier molecular flexibility index (Phi) is 9.00. The van der Waals surface area contributed by atoms with Crippen LogP contribution in [0.15, 0.2) is 65.8 Å². The summed E-state index contributed by atoms with van der Waals surface area (Å²) in [5.41, 5.74) is 6.04. The lowest BCUT2D eigenvalue weighted by Crippen LogP contribution is -2.57. The second-order valence-corrected chi connectivity index (χ2v) is 8.88. The quantitative estimate of drug-likeness (QED) is 0.321. The maximum absolute atomic E-state index is 14.8. The second-order valence-electron chi connectivity index (χ2n) is 8.88. The number of benzene rings is 1. The molecule has 3 rings (SSSR count). The van der Waals surface area contributed by atoms with Crippen molar-refractivity contribution in [3.8, 4) is 11.4 Å². The first-order valence-corrected chi connectivity index (χ1v) is 11.8. The molecule has 2 heterocycles. The zero-order valence-electron chi connectivity index (χ0n) is 20.9. The van der Waals surface area contributed by atoms with Gasteiger partial charge < -0.3 is 16.4 Å². The Morgan fingerprint density at radius 2 is 1.74 bits per heavy atom. The standard InChI is InChI=1S/C26H28F2N6O4/c1-16(2)21(22(36)26(27,28)25(38)31-13-10-17-8-11-30-12-9-17)33-20(35)15-34-23(18-6-4-3-5-7-18)32-14-19(29)24(34)37/h3-9,11-12,14,16,21H,10,13,15,29H2,1-2H3,(H,31,38)(H,33,35). The molecule has 1 aromatic carbocycles. The number of nitrogen functional groups attached to an aromatic ring is 1. The molecular weight excluding hydrogens is 498 g/mol. The molecule has 200 valence electrons. The van der Waals surface area contributed by atoms with Gasteiger partial charge in [0.1, 0.15) is 18.1 Å². The van der Waals surface area contributed by atoms with Crippen LogP contribution >= 0.6 is 0 Å². The van der Waals surface area contributed by atoms with Gasteiger partial charge in [-0.15, -0.1) is 0 Å². The minimum Gasteiger partial charge on any atom is -0.393 e. The summed E-state index contributed by atoms with van der Waals surface area (Å²) in [5.74, 6) is -9.48. The molecule has 0 spiro atoms. The van der Waals surface area contributed by atoms with E-state index in [1.807, 2.05) is 0 Å². The Morgan fingerprint density at radius 3 is 2.37 bits per heavy atom. The fourth-order valence-electron chi connectivity index (χ4n) is 3.66. The molecule has 2 aromatic heterocycles. The summed E-state index contributed by atoms with van der Waals surface area (Å²) in [5, 5.41) is 4.32. The van der Waals surface area contributed by atoms with E-state index >= 15 is 0 Å². The number of hydrogen-bond acceptors (Lipinski definition) is 7. The van der Waals surface area contributed by atoms with Crippen LogP contribution in [0.2, 0.25) is 0 Å². The average molecular weight is 527 g/mol. The Bertz CT molecular complexity index is 1350. The molecule has 0 saturated heterocycles. The zero-order valence-corrected chi connectivity index (χ0v) is 20.9. The Labute approximate surface area is 217 Å². The maximum atomic E-state index is 14.8. The van der Waals surface area contributed by atoms with Gasteiger partial charge in [0.05, 0.1) is 12.2 Å². The van der Waals surface area contributed by atoms with Gasteiger partial charge >= 0.3 is 5.92 Å². The van der Waals surface area contributed by atoms with E-state index in [2.05, 4.69) is 20.6 Å². The molecule has 0 saturated carbocycles. The highest BCUT2D eigenvalue weighted by molar-refractivity contribution is 6.10. The largest absolute Gasteiger partial charge is 0.393 e. The predicted octanol–water partition coefficient (Wildman–Crippen LogP) is 1.59. The molecule has 0 radical (unpaired) electrons. The van der Waals surface area contributed by atoms with E-state index < -0.39 is 47.6 Å². The number of hydrogen-bond donors (Lipinski definition) is 3. The molecule has 2 amide bonds. The minimum atomic E-state index is -4.40. The Balaban J connectivity index is 1.73. The number of rotatable bonds is 11. The smallest absolute Gasteiger partial charge is 0.383 e. The third-order valence-corrected chi connectivity index (χ3v) is 5.72. The summed E-state index contributed by atoms with van der Waals surface area (Å²) in [6, 6.07) is 10.1. The molecule has 38 heavy (non-hydrogen) atoms. The number of aromatic nitrogens is 3. The van der Waals surface area contributed by atoms with Crippen LogP contribution in [0.3, 0.4) is 0 Å². The molecule has 10 nitrogen and oxygen atoms in total. The van der Waals surface area contributed by atoms with Crippen LogP contribution in [0.1, 0.15) is 19.4 Å². The average Bonchev–Trinajstić information content (AvgIpc) is 2.90. The summed E-state index contributed by atoms with van der Waals surface area (Å²) < 4.78 is 30.6. The summed E-state index contributed by atoms with van der Waals surface area (Å²) in [7, 11) is 0. The van der Waals surface area contributed by atoms with Crippen LogP contribution in [0.5, 0.6) is 0 Å². The van der Waals surface area contributed by atoms with Gasteiger partial charge in [-0.2, -0.15) is 8.78 Å². The third kappa shape index (κ3) is 6.64. The number of nitrogens with one attached hydrogen (secondary N) is 2. The van der Waals surface area contributed by atoms with E-state index in [1.165, 1.54) is 26.2 Å². The van der Waals surface area contributed by atoms with E-state index in [0.29, 0.717) is 5.56 Å². The first kappa shape index (κ1) is 28.1. The van der Waals surface area contributed by atoms with Crippen molar-refractivity contribution in [3.05, 3.63) is 77.0 Å². The molecule has 4 N–H and O–H groups in total. The lowest BCUT2D eigenvalue weighted by atomic mass is 9.95. The molecular formula is C26H28F2N6O4. The fraction of sp³-hybridized carbons (Fsp3) is 0.308. The summed E-state index contributed by atoms with van der Waals surface area (Å²) >= 11 is 0. The van der Waals surface area contributed by atoms with Gasteiger partial charge in [-0.1, -0.05) is 44.2 Å². The molecule has 12 heteroatoms. The number of carbonyl (C=O) groups excluding carboxylic acids is 3. The first-order valence-electron chi connectivity index (χ1n) is 11.8. The monoisotopic (exact) mass is 526 g/mol. The lowest BCUT2D eigenvalue weighted by Gasteiger charge is -2.25. The van der Waals surface area contributed by atoms with Crippen LogP contribution in [0.25, 0.3) is 11.4 Å². The minimum absolute atomic E-state index is 0.127. The maximum Gasteiger partial charge on any atom is 0.383 e. The summed E-state index contributed by atoms with van der Waals surface area (Å²) in [6.45, 7) is 2.13. The van der Waals surface area contributed by atoms with E-state index in [1.54, 1.807) is 42.5 Å². The van der Waals surface area contributed by atoms with Gasteiger partial charge in [0.15, 0.2) is 0 Å². The van der Waals surface area contributed by atoms with Crippen LogP contribution in [-0.2, 0) is 27.3 Å². The summed E-state index contributed by atoms with van der Waals surface area (Å²) in [6.07, 6.45) is 4.48. The van der Waals surface area contributed by atoms with Gasteiger partial charge in [0.25, 0.3) is 11.5 Å². The number of alkyl halides is 2. The molecule has 1 atom stereocenters. The van der Waals surface area contributed by atoms with Crippen molar-refractivity contribution < 1.29 is 23.2 Å². The van der Waals surface area contributed by atoms with Crippen molar-refractivity contribution in [2.75, 3.05) is 12.3 Å². The van der Waals surface area contributed by atoms with Crippen molar-refractivity contribution in [2.45, 2.75) is 38.8 Å². The van der Waals surface area contributed by atoms with Crippen molar-refractivity contribution in [3.63, 3.8) is 0 Å². The molecule has 0 aliphatic rings. The van der Waals surface area contributed by atoms with Crippen LogP contribution in [-0.4, -0.2) is 50.6 Å².